The zero-order chi connectivity index (χ0) is 14.5. The third-order valence-electron chi connectivity index (χ3n) is 3.40. The highest BCUT2D eigenvalue weighted by Gasteiger charge is 2.13. The number of sulfone groups is 1. The zero-order valence-corrected chi connectivity index (χ0v) is 13.0. The molecule has 3 aromatic rings. The first kappa shape index (κ1) is 13.3. The van der Waals surface area contributed by atoms with Crippen LogP contribution in [0.5, 0.6) is 0 Å². The molecule has 6 heteroatoms. The minimum Gasteiger partial charge on any atom is -0.287 e. The SMILES string of the molecule is Cc1sc2ncc(-c3ccc(S(C)(=O)=O)cc3)n2c1C. The largest absolute Gasteiger partial charge is 0.287 e. The lowest BCUT2D eigenvalue weighted by atomic mass is 10.2. The molecule has 0 saturated heterocycles. The number of aryl methyl sites for hydroxylation is 2. The molecule has 0 fully saturated rings. The molecule has 0 unspecified atom stereocenters. The molecule has 0 aliphatic heterocycles. The second-order valence-corrected chi connectivity index (χ2v) is 8.00. The fourth-order valence-electron chi connectivity index (χ4n) is 2.18. The minimum atomic E-state index is -3.16. The van der Waals surface area contributed by atoms with Crippen molar-refractivity contribution in [3.8, 4) is 11.3 Å². The van der Waals surface area contributed by atoms with Crippen LogP contribution in [0.1, 0.15) is 10.6 Å². The molecule has 20 heavy (non-hydrogen) atoms. The number of thiazole rings is 1. The van der Waals surface area contributed by atoms with Gasteiger partial charge in [-0.15, -0.1) is 11.3 Å². The minimum absolute atomic E-state index is 0.334. The van der Waals surface area contributed by atoms with Crippen molar-refractivity contribution in [3.05, 3.63) is 41.0 Å². The maximum Gasteiger partial charge on any atom is 0.194 e. The Kier molecular flexibility index (Phi) is 2.95. The van der Waals surface area contributed by atoms with Crippen LogP contribution in [0.2, 0.25) is 0 Å². The van der Waals surface area contributed by atoms with Gasteiger partial charge in [0.05, 0.1) is 16.8 Å². The Labute approximate surface area is 121 Å². The topological polar surface area (TPSA) is 51.4 Å². The molecule has 0 atom stereocenters. The van der Waals surface area contributed by atoms with E-state index in [4.69, 9.17) is 0 Å². The van der Waals surface area contributed by atoms with Crippen molar-refractivity contribution in [2.24, 2.45) is 0 Å². The van der Waals surface area contributed by atoms with E-state index in [9.17, 15) is 8.42 Å². The number of rotatable bonds is 2. The summed E-state index contributed by atoms with van der Waals surface area (Å²) in [5.41, 5.74) is 3.12. The van der Waals surface area contributed by atoms with Crippen LogP contribution in [0.15, 0.2) is 35.4 Å². The van der Waals surface area contributed by atoms with Crippen LogP contribution >= 0.6 is 11.3 Å². The maximum absolute atomic E-state index is 11.5. The molecular weight excluding hydrogens is 292 g/mol. The predicted molar refractivity (Wildman–Crippen MR) is 81.1 cm³/mol. The molecular formula is C14H14N2O2S2. The quantitative estimate of drug-likeness (QED) is 0.731. The van der Waals surface area contributed by atoms with Crippen molar-refractivity contribution in [1.29, 1.82) is 0 Å². The fraction of sp³-hybridized carbons (Fsp3) is 0.214. The van der Waals surface area contributed by atoms with E-state index in [0.717, 1.165) is 16.2 Å². The van der Waals surface area contributed by atoms with Crippen molar-refractivity contribution in [2.45, 2.75) is 18.7 Å². The molecule has 2 heterocycles. The van der Waals surface area contributed by atoms with Crippen LogP contribution in [-0.2, 0) is 9.84 Å². The van der Waals surface area contributed by atoms with Gasteiger partial charge < -0.3 is 0 Å². The Balaban J connectivity index is 2.16. The normalized spacial score (nSPS) is 12.2. The van der Waals surface area contributed by atoms with Gasteiger partial charge in [0.25, 0.3) is 0 Å². The Morgan fingerprint density at radius 1 is 1.15 bits per heavy atom. The molecule has 4 nitrogen and oxygen atoms in total. The molecule has 0 amide bonds. The fourth-order valence-corrected chi connectivity index (χ4v) is 3.75. The molecule has 1 aromatic carbocycles. The third kappa shape index (κ3) is 2.05. The number of aromatic nitrogens is 2. The molecule has 0 N–H and O–H groups in total. The molecule has 104 valence electrons. The summed E-state index contributed by atoms with van der Waals surface area (Å²) in [5, 5.41) is 0. The summed E-state index contributed by atoms with van der Waals surface area (Å²) < 4.78 is 25.1. The highest BCUT2D eigenvalue weighted by Crippen LogP contribution is 2.29. The van der Waals surface area contributed by atoms with E-state index < -0.39 is 9.84 Å². The number of fused-ring (bicyclic) bond motifs is 1. The second kappa shape index (κ2) is 4.43. The zero-order valence-electron chi connectivity index (χ0n) is 11.4. The Hall–Kier alpha value is -1.66. The summed E-state index contributed by atoms with van der Waals surface area (Å²) in [5.74, 6) is 0. The summed E-state index contributed by atoms with van der Waals surface area (Å²) in [7, 11) is -3.16. The number of benzene rings is 1. The van der Waals surface area contributed by atoms with Gasteiger partial charge in [0.1, 0.15) is 0 Å². The third-order valence-corrected chi connectivity index (χ3v) is 5.60. The van der Waals surface area contributed by atoms with Gasteiger partial charge in [-0.1, -0.05) is 12.1 Å². The first-order valence-corrected chi connectivity index (χ1v) is 8.82. The van der Waals surface area contributed by atoms with Crippen LogP contribution in [0.25, 0.3) is 16.2 Å². The second-order valence-electron chi connectivity index (χ2n) is 4.80. The van der Waals surface area contributed by atoms with E-state index in [2.05, 4.69) is 23.2 Å². The molecule has 0 radical (unpaired) electrons. The molecule has 3 rings (SSSR count). The van der Waals surface area contributed by atoms with Gasteiger partial charge in [0.2, 0.25) is 0 Å². The summed E-state index contributed by atoms with van der Waals surface area (Å²) in [6.45, 7) is 4.14. The highest BCUT2D eigenvalue weighted by molar-refractivity contribution is 7.90. The van der Waals surface area contributed by atoms with Crippen LogP contribution in [0.3, 0.4) is 0 Å². The van der Waals surface area contributed by atoms with Crippen LogP contribution in [0, 0.1) is 13.8 Å². The van der Waals surface area contributed by atoms with Crippen LogP contribution < -0.4 is 0 Å². The van der Waals surface area contributed by atoms with Gasteiger partial charge in [0, 0.05) is 22.4 Å². The summed E-state index contributed by atoms with van der Waals surface area (Å²) >= 11 is 1.66. The van der Waals surface area contributed by atoms with Gasteiger partial charge in [-0.3, -0.25) is 4.40 Å². The van der Waals surface area contributed by atoms with Gasteiger partial charge >= 0.3 is 0 Å². The average molecular weight is 306 g/mol. The Bertz CT molecular complexity index is 887. The van der Waals surface area contributed by atoms with Crippen molar-refractivity contribution in [1.82, 2.24) is 9.38 Å². The lowest BCUT2D eigenvalue weighted by Gasteiger charge is -2.03. The van der Waals surface area contributed by atoms with E-state index in [-0.39, 0.29) is 0 Å². The van der Waals surface area contributed by atoms with Crippen LogP contribution in [0.4, 0.5) is 0 Å². The van der Waals surface area contributed by atoms with Crippen molar-refractivity contribution in [2.75, 3.05) is 6.26 Å². The Morgan fingerprint density at radius 2 is 1.80 bits per heavy atom. The van der Waals surface area contributed by atoms with Gasteiger partial charge in [-0.2, -0.15) is 0 Å². The van der Waals surface area contributed by atoms with E-state index in [0.29, 0.717) is 4.90 Å². The van der Waals surface area contributed by atoms with E-state index in [1.54, 1.807) is 23.5 Å². The van der Waals surface area contributed by atoms with Gasteiger partial charge in [-0.25, -0.2) is 13.4 Å². The predicted octanol–water partition coefficient (Wildman–Crippen LogP) is 3.08. The van der Waals surface area contributed by atoms with E-state index >= 15 is 0 Å². The van der Waals surface area contributed by atoms with Crippen molar-refractivity contribution >= 4 is 26.1 Å². The lowest BCUT2D eigenvalue weighted by Crippen LogP contribution is -1.96. The summed E-state index contributed by atoms with van der Waals surface area (Å²) in [6.07, 6.45) is 3.04. The number of nitrogens with zero attached hydrogens (tertiary/aromatic N) is 2. The molecule has 0 spiro atoms. The number of hydrogen-bond donors (Lipinski definition) is 0. The van der Waals surface area contributed by atoms with Crippen molar-refractivity contribution < 1.29 is 8.42 Å². The molecule has 0 saturated carbocycles. The Morgan fingerprint density at radius 3 is 2.40 bits per heavy atom. The van der Waals surface area contributed by atoms with Crippen molar-refractivity contribution in [3.63, 3.8) is 0 Å². The smallest absolute Gasteiger partial charge is 0.194 e. The number of imidazole rings is 1. The van der Waals surface area contributed by atoms with E-state index in [1.807, 2.05) is 18.3 Å². The molecule has 0 bridgehead atoms. The average Bonchev–Trinajstić information content (AvgIpc) is 2.91. The summed E-state index contributed by atoms with van der Waals surface area (Å²) in [4.78, 5) is 6.94. The van der Waals surface area contributed by atoms with E-state index in [1.165, 1.54) is 16.8 Å². The monoisotopic (exact) mass is 306 g/mol. The molecule has 0 aliphatic carbocycles. The summed E-state index contributed by atoms with van der Waals surface area (Å²) in [6, 6.07) is 6.93. The standard InChI is InChI=1S/C14H14N2O2S2/c1-9-10(2)19-14-15-8-13(16(9)14)11-4-6-12(7-5-11)20(3,17)18/h4-8H,1-3H3. The van der Waals surface area contributed by atoms with Gasteiger partial charge in [0.15, 0.2) is 14.8 Å². The first-order chi connectivity index (χ1) is 9.38. The first-order valence-electron chi connectivity index (χ1n) is 6.12. The number of hydrogen-bond acceptors (Lipinski definition) is 4. The highest BCUT2D eigenvalue weighted by atomic mass is 32.2. The molecule has 0 aliphatic rings. The van der Waals surface area contributed by atoms with Crippen LogP contribution in [-0.4, -0.2) is 24.1 Å². The lowest BCUT2D eigenvalue weighted by molar-refractivity contribution is 0.602. The van der Waals surface area contributed by atoms with Gasteiger partial charge in [-0.05, 0) is 26.0 Å². The molecule has 2 aromatic heterocycles. The maximum atomic E-state index is 11.5.